The molecule has 2 aromatic heterocycles. The molecule has 0 aliphatic carbocycles. The number of nitrogens with one attached hydrogen (secondary N) is 1. The Morgan fingerprint density at radius 3 is 2.29 bits per heavy atom. The van der Waals surface area contributed by atoms with Crippen LogP contribution >= 0.6 is 35.4 Å². The summed E-state index contributed by atoms with van der Waals surface area (Å²) in [7, 11) is 1.32. The quantitative estimate of drug-likeness (QED) is 0.656. The molecule has 2 aromatic rings. The highest BCUT2D eigenvalue weighted by Gasteiger charge is 2.55. The summed E-state index contributed by atoms with van der Waals surface area (Å²) in [6.45, 7) is 0.937. The largest absolute Gasteiger partial charge is 0.379 e. The van der Waals surface area contributed by atoms with E-state index in [2.05, 4.69) is 15.2 Å². The first-order chi connectivity index (χ1) is 9.57. The summed E-state index contributed by atoms with van der Waals surface area (Å²) in [6.07, 6.45) is 0. The van der Waals surface area contributed by atoms with Crippen molar-refractivity contribution in [3.8, 4) is 0 Å². The van der Waals surface area contributed by atoms with E-state index in [1.54, 1.807) is 0 Å². The number of pyridine rings is 1. The fraction of sp³-hybridized carbons (Fsp3) is 0.364. The monoisotopic (exact) mass is 354 g/mol. The van der Waals surface area contributed by atoms with Gasteiger partial charge in [-0.2, -0.15) is 13.9 Å². The SMILES string of the molecule is Cn1c(C(F)(F)C(C)(O)c2cc(Cl)nc(Cl)c2)n[nH]c1=S. The lowest BCUT2D eigenvalue weighted by molar-refractivity contribution is -0.191. The third-order valence-corrected chi connectivity index (χ3v) is 3.85. The first kappa shape index (κ1) is 16.3. The maximum Gasteiger partial charge on any atom is 0.338 e. The molecule has 2 heterocycles. The van der Waals surface area contributed by atoms with Crippen molar-refractivity contribution in [3.63, 3.8) is 0 Å². The standard InChI is InChI=1S/C11H10Cl2F2N4OS/c1-10(20,5-3-6(12)16-7(13)4-5)11(14,15)8-17-18-9(21)19(8)2/h3-4,20H,1-2H3,(H,18,21). The van der Waals surface area contributed by atoms with E-state index in [0.29, 0.717) is 0 Å². The maximum atomic E-state index is 14.7. The second-order valence-corrected chi connectivity index (χ2v) is 5.72. The minimum Gasteiger partial charge on any atom is -0.379 e. The van der Waals surface area contributed by atoms with Crippen LogP contribution in [0, 0.1) is 4.77 Å². The van der Waals surface area contributed by atoms with Gasteiger partial charge in [-0.25, -0.2) is 4.98 Å². The summed E-state index contributed by atoms with van der Waals surface area (Å²) in [4.78, 5) is 3.66. The lowest BCUT2D eigenvalue weighted by Gasteiger charge is -2.32. The van der Waals surface area contributed by atoms with Crippen LogP contribution in [0.15, 0.2) is 12.1 Å². The molecular formula is C11H10Cl2F2N4OS. The minimum absolute atomic E-state index is 0.00580. The summed E-state index contributed by atoms with van der Waals surface area (Å²) in [5.41, 5.74) is -2.80. The lowest BCUT2D eigenvalue weighted by atomic mass is 9.89. The summed E-state index contributed by atoms with van der Waals surface area (Å²) >= 11 is 16.2. The van der Waals surface area contributed by atoms with Crippen molar-refractivity contribution in [3.05, 3.63) is 38.6 Å². The van der Waals surface area contributed by atoms with Gasteiger partial charge in [-0.3, -0.25) is 5.10 Å². The molecule has 0 bridgehead atoms. The van der Waals surface area contributed by atoms with Crippen LogP contribution in [0.25, 0.3) is 0 Å². The summed E-state index contributed by atoms with van der Waals surface area (Å²) in [5.74, 6) is -4.45. The average Bonchev–Trinajstić information content (AvgIpc) is 2.69. The van der Waals surface area contributed by atoms with Crippen molar-refractivity contribution < 1.29 is 13.9 Å². The van der Waals surface area contributed by atoms with E-state index in [0.717, 1.165) is 23.6 Å². The Morgan fingerprint density at radius 2 is 1.86 bits per heavy atom. The molecule has 0 aliphatic rings. The van der Waals surface area contributed by atoms with E-state index in [1.165, 1.54) is 7.05 Å². The molecule has 114 valence electrons. The summed E-state index contributed by atoms with van der Waals surface area (Å²) < 4.78 is 30.3. The average molecular weight is 355 g/mol. The van der Waals surface area contributed by atoms with E-state index >= 15 is 0 Å². The van der Waals surface area contributed by atoms with Crippen LogP contribution in [0.3, 0.4) is 0 Å². The number of alkyl halides is 2. The van der Waals surface area contributed by atoms with Gasteiger partial charge >= 0.3 is 5.92 Å². The highest BCUT2D eigenvalue weighted by atomic mass is 35.5. The van der Waals surface area contributed by atoms with Crippen molar-refractivity contribution in [2.24, 2.45) is 7.05 Å². The number of hydrogen-bond acceptors (Lipinski definition) is 4. The third-order valence-electron chi connectivity index (χ3n) is 3.10. The van der Waals surface area contributed by atoms with Crippen molar-refractivity contribution >= 4 is 35.4 Å². The number of aliphatic hydroxyl groups is 1. The molecule has 0 aliphatic heterocycles. The number of halogens is 4. The van der Waals surface area contributed by atoms with Gasteiger partial charge in [-0.05, 0) is 36.8 Å². The van der Waals surface area contributed by atoms with Gasteiger partial charge in [0.15, 0.2) is 10.4 Å². The van der Waals surface area contributed by atoms with Gasteiger partial charge in [0.2, 0.25) is 5.82 Å². The Labute approximate surface area is 133 Å². The molecular weight excluding hydrogens is 345 g/mol. The van der Waals surface area contributed by atoms with Crippen molar-refractivity contribution in [1.82, 2.24) is 19.7 Å². The number of nitrogens with zero attached hydrogens (tertiary/aromatic N) is 3. The van der Waals surface area contributed by atoms with Crippen LogP contribution in [0.5, 0.6) is 0 Å². The first-order valence-corrected chi connectivity index (χ1v) is 6.79. The molecule has 0 amide bonds. The van der Waals surface area contributed by atoms with Gasteiger partial charge in [0.25, 0.3) is 0 Å². The zero-order chi connectivity index (χ0) is 16.0. The molecule has 1 unspecified atom stereocenters. The zero-order valence-electron chi connectivity index (χ0n) is 10.9. The van der Waals surface area contributed by atoms with Crippen LogP contribution in [0.4, 0.5) is 8.78 Å². The molecule has 0 radical (unpaired) electrons. The molecule has 0 spiro atoms. The Bertz CT molecular complexity index is 724. The third kappa shape index (κ3) is 2.68. The number of H-pyrrole nitrogens is 1. The van der Waals surface area contributed by atoms with Crippen LogP contribution < -0.4 is 0 Å². The molecule has 0 fully saturated rings. The van der Waals surface area contributed by atoms with Crippen molar-refractivity contribution in [2.45, 2.75) is 18.4 Å². The fourth-order valence-electron chi connectivity index (χ4n) is 1.77. The van der Waals surface area contributed by atoms with Crippen LogP contribution in [0.1, 0.15) is 18.3 Å². The molecule has 2 rings (SSSR count). The van der Waals surface area contributed by atoms with Crippen LogP contribution in [-0.4, -0.2) is 24.9 Å². The first-order valence-electron chi connectivity index (χ1n) is 5.63. The van der Waals surface area contributed by atoms with E-state index in [4.69, 9.17) is 35.4 Å². The predicted molar refractivity (Wildman–Crippen MR) is 76.1 cm³/mol. The molecule has 0 aromatic carbocycles. The van der Waals surface area contributed by atoms with Gasteiger partial charge in [0.1, 0.15) is 10.3 Å². The number of hydrogen-bond donors (Lipinski definition) is 2. The second-order valence-electron chi connectivity index (χ2n) is 4.56. The molecule has 0 saturated heterocycles. The van der Waals surface area contributed by atoms with E-state index in [-0.39, 0.29) is 20.6 Å². The van der Waals surface area contributed by atoms with Gasteiger partial charge < -0.3 is 9.67 Å². The lowest BCUT2D eigenvalue weighted by Crippen LogP contribution is -2.42. The molecule has 1 atom stereocenters. The fourth-order valence-corrected chi connectivity index (χ4v) is 2.37. The smallest absolute Gasteiger partial charge is 0.338 e. The van der Waals surface area contributed by atoms with Gasteiger partial charge in [-0.1, -0.05) is 23.2 Å². The highest BCUT2D eigenvalue weighted by Crippen LogP contribution is 2.44. The Kier molecular flexibility index (Phi) is 4.09. The topological polar surface area (TPSA) is 66.7 Å². The van der Waals surface area contributed by atoms with E-state index in [1.807, 2.05) is 0 Å². The summed E-state index contributed by atoms with van der Waals surface area (Å²) in [6, 6.07) is 2.23. The van der Waals surface area contributed by atoms with Gasteiger partial charge in [0, 0.05) is 7.05 Å². The normalized spacial score (nSPS) is 15.0. The van der Waals surface area contributed by atoms with Crippen LogP contribution in [-0.2, 0) is 18.6 Å². The van der Waals surface area contributed by atoms with E-state index in [9.17, 15) is 13.9 Å². The Hall–Kier alpha value is -1.09. The van der Waals surface area contributed by atoms with Crippen molar-refractivity contribution in [1.29, 1.82) is 0 Å². The second kappa shape index (κ2) is 5.28. The van der Waals surface area contributed by atoms with Gasteiger partial charge in [-0.15, -0.1) is 0 Å². The zero-order valence-corrected chi connectivity index (χ0v) is 13.2. The number of rotatable bonds is 3. The Balaban J connectivity index is 2.60. The molecule has 2 N–H and O–H groups in total. The minimum atomic E-state index is -3.75. The number of aromatic amines is 1. The summed E-state index contributed by atoms with van der Waals surface area (Å²) in [5, 5.41) is 15.9. The molecule has 10 heteroatoms. The van der Waals surface area contributed by atoms with Crippen molar-refractivity contribution in [2.75, 3.05) is 0 Å². The Morgan fingerprint density at radius 1 is 1.33 bits per heavy atom. The van der Waals surface area contributed by atoms with Gasteiger partial charge in [0.05, 0.1) is 0 Å². The molecule has 0 saturated carbocycles. The highest BCUT2D eigenvalue weighted by molar-refractivity contribution is 7.71. The predicted octanol–water partition coefficient (Wildman–Crippen LogP) is 3.18. The van der Waals surface area contributed by atoms with Crippen LogP contribution in [0.2, 0.25) is 10.3 Å². The molecule has 21 heavy (non-hydrogen) atoms. The molecule has 5 nitrogen and oxygen atoms in total. The maximum absolute atomic E-state index is 14.7. The van der Waals surface area contributed by atoms with E-state index < -0.39 is 17.3 Å². The number of aromatic nitrogens is 4.